The van der Waals surface area contributed by atoms with Crippen molar-refractivity contribution in [3.05, 3.63) is 77.2 Å². The fourth-order valence-corrected chi connectivity index (χ4v) is 6.02. The molecule has 6 nitrogen and oxygen atoms in total. The predicted octanol–water partition coefficient (Wildman–Crippen LogP) is 5.40. The van der Waals surface area contributed by atoms with Crippen LogP contribution >= 0.6 is 0 Å². The van der Waals surface area contributed by atoms with Crippen molar-refractivity contribution in [2.75, 3.05) is 13.2 Å². The molecular weight excluding hydrogens is 489 g/mol. The average molecular weight is 524 g/mol. The maximum Gasteiger partial charge on any atom is 0.269 e. The minimum atomic E-state index is -1.34. The molecule has 4 rings (SSSR count). The number of aromatic nitrogens is 1. The SMILES string of the molecule is CCCNC(=O)c1cc2c(c(-c3cccc(-c4ccc(F)cc4)c3)n1)[C@@H](CCO)N(S(=O)C(C)(C)C)C2. The van der Waals surface area contributed by atoms with E-state index in [1.165, 1.54) is 12.1 Å². The van der Waals surface area contributed by atoms with Gasteiger partial charge in [-0.15, -0.1) is 0 Å². The fourth-order valence-electron chi connectivity index (χ4n) is 4.62. The van der Waals surface area contributed by atoms with E-state index in [4.69, 9.17) is 4.98 Å². The highest BCUT2D eigenvalue weighted by Gasteiger charge is 2.40. The largest absolute Gasteiger partial charge is 0.396 e. The third-order valence-electron chi connectivity index (χ3n) is 6.37. The van der Waals surface area contributed by atoms with Crippen molar-refractivity contribution >= 4 is 16.9 Å². The molecule has 0 saturated heterocycles. The maximum absolute atomic E-state index is 13.5. The molecule has 1 aliphatic heterocycles. The first-order valence-corrected chi connectivity index (χ1v) is 13.7. The van der Waals surface area contributed by atoms with Gasteiger partial charge in [0.1, 0.15) is 22.5 Å². The molecule has 0 aliphatic carbocycles. The van der Waals surface area contributed by atoms with Crippen molar-refractivity contribution in [3.8, 4) is 22.4 Å². The van der Waals surface area contributed by atoms with Gasteiger partial charge in [-0.1, -0.05) is 37.3 Å². The zero-order chi connectivity index (χ0) is 26.7. The van der Waals surface area contributed by atoms with E-state index >= 15 is 0 Å². The smallest absolute Gasteiger partial charge is 0.269 e. The van der Waals surface area contributed by atoms with E-state index < -0.39 is 15.7 Å². The van der Waals surface area contributed by atoms with Gasteiger partial charge >= 0.3 is 0 Å². The molecule has 2 atom stereocenters. The van der Waals surface area contributed by atoms with Gasteiger partial charge in [0.2, 0.25) is 0 Å². The van der Waals surface area contributed by atoms with Gasteiger partial charge in [-0.2, -0.15) is 0 Å². The quantitative estimate of drug-likeness (QED) is 0.414. The summed E-state index contributed by atoms with van der Waals surface area (Å²) in [6.07, 6.45) is 1.20. The lowest BCUT2D eigenvalue weighted by Gasteiger charge is -2.30. The number of aliphatic hydroxyl groups is 1. The molecule has 2 N–H and O–H groups in total. The highest BCUT2D eigenvalue weighted by Crippen LogP contribution is 2.44. The van der Waals surface area contributed by atoms with E-state index in [1.807, 2.05) is 56.3 Å². The molecule has 0 radical (unpaired) electrons. The van der Waals surface area contributed by atoms with Crippen molar-refractivity contribution in [2.45, 2.75) is 57.9 Å². The molecule has 1 aliphatic rings. The molecule has 0 fully saturated rings. The van der Waals surface area contributed by atoms with E-state index in [2.05, 4.69) is 5.32 Å². The summed E-state index contributed by atoms with van der Waals surface area (Å²) in [5.74, 6) is -0.557. The van der Waals surface area contributed by atoms with Crippen LogP contribution in [-0.2, 0) is 17.5 Å². The molecule has 1 aromatic heterocycles. The van der Waals surface area contributed by atoms with E-state index in [1.54, 1.807) is 18.2 Å². The van der Waals surface area contributed by atoms with Gasteiger partial charge in [-0.05, 0) is 74.6 Å². The van der Waals surface area contributed by atoms with Crippen LogP contribution in [0.2, 0.25) is 0 Å². The number of amides is 1. The summed E-state index contributed by atoms with van der Waals surface area (Å²) < 4.78 is 28.4. The van der Waals surface area contributed by atoms with E-state index in [-0.39, 0.29) is 24.4 Å². The lowest BCUT2D eigenvalue weighted by atomic mass is 9.94. The Kier molecular flexibility index (Phi) is 8.21. The van der Waals surface area contributed by atoms with Crippen LogP contribution in [0, 0.1) is 5.82 Å². The van der Waals surface area contributed by atoms with Crippen molar-refractivity contribution < 1.29 is 18.5 Å². The number of hydrogen-bond donors (Lipinski definition) is 2. The number of hydrogen-bond acceptors (Lipinski definition) is 4. The lowest BCUT2D eigenvalue weighted by Crippen LogP contribution is -2.36. The Bertz CT molecular complexity index is 1300. The van der Waals surface area contributed by atoms with Gasteiger partial charge in [0.15, 0.2) is 0 Å². The van der Waals surface area contributed by atoms with Crippen LogP contribution in [0.25, 0.3) is 22.4 Å². The molecule has 0 bridgehead atoms. The van der Waals surface area contributed by atoms with Crippen molar-refractivity contribution in [3.63, 3.8) is 0 Å². The Morgan fingerprint density at radius 3 is 2.49 bits per heavy atom. The zero-order valence-corrected chi connectivity index (χ0v) is 22.6. The Morgan fingerprint density at radius 2 is 1.84 bits per heavy atom. The van der Waals surface area contributed by atoms with Gasteiger partial charge in [-0.25, -0.2) is 17.9 Å². The van der Waals surface area contributed by atoms with E-state index in [0.29, 0.717) is 30.9 Å². The number of aliphatic hydroxyl groups excluding tert-OH is 1. The maximum atomic E-state index is 13.5. The monoisotopic (exact) mass is 523 g/mol. The second kappa shape index (κ2) is 11.2. The van der Waals surface area contributed by atoms with Crippen molar-refractivity contribution in [2.24, 2.45) is 0 Å². The minimum absolute atomic E-state index is 0.0737. The van der Waals surface area contributed by atoms with Gasteiger partial charge in [-0.3, -0.25) is 4.79 Å². The molecular formula is C29H34FN3O3S. The van der Waals surface area contributed by atoms with Gasteiger partial charge in [0.25, 0.3) is 5.91 Å². The van der Waals surface area contributed by atoms with Crippen LogP contribution in [0.1, 0.15) is 68.2 Å². The summed E-state index contributed by atoms with van der Waals surface area (Å²) in [6.45, 7) is 8.63. The van der Waals surface area contributed by atoms with Crippen LogP contribution in [0.5, 0.6) is 0 Å². The number of nitrogens with zero attached hydrogens (tertiary/aromatic N) is 2. The minimum Gasteiger partial charge on any atom is -0.396 e. The number of nitrogens with one attached hydrogen (secondary N) is 1. The zero-order valence-electron chi connectivity index (χ0n) is 21.8. The highest BCUT2D eigenvalue weighted by atomic mass is 32.2. The third-order valence-corrected chi connectivity index (χ3v) is 8.23. The standard InChI is InChI=1S/C29H34FN3O3S/c1-5-14-31-28(35)24-17-22-18-33(37(36)29(2,3)4)25(13-15-34)26(22)27(32-24)21-8-6-7-20(16-21)19-9-11-23(30)12-10-19/h6-12,16-17,25,34H,5,13-15,18H2,1-4H3,(H,31,35)/t25-,37?/m1/s1. The molecule has 2 aromatic carbocycles. The molecule has 1 unspecified atom stereocenters. The van der Waals surface area contributed by atoms with Crippen LogP contribution in [0.3, 0.4) is 0 Å². The first-order valence-electron chi connectivity index (χ1n) is 12.6. The fraction of sp³-hybridized carbons (Fsp3) is 0.379. The van der Waals surface area contributed by atoms with Gasteiger partial charge in [0, 0.05) is 30.8 Å². The molecule has 3 aromatic rings. The van der Waals surface area contributed by atoms with Crippen molar-refractivity contribution in [1.29, 1.82) is 0 Å². The second-order valence-electron chi connectivity index (χ2n) is 10.2. The summed E-state index contributed by atoms with van der Waals surface area (Å²) in [4.78, 5) is 17.8. The first-order chi connectivity index (χ1) is 17.6. The van der Waals surface area contributed by atoms with Crippen LogP contribution in [-0.4, -0.2) is 42.4 Å². The number of carbonyl (C=O) groups is 1. The second-order valence-corrected chi connectivity index (χ2v) is 12.4. The lowest BCUT2D eigenvalue weighted by molar-refractivity contribution is 0.0948. The molecule has 1 amide bonds. The topological polar surface area (TPSA) is 82.5 Å². The molecule has 0 spiro atoms. The molecule has 8 heteroatoms. The number of halogens is 1. The number of benzene rings is 2. The van der Waals surface area contributed by atoms with E-state index in [0.717, 1.165) is 34.2 Å². The average Bonchev–Trinajstić information content (AvgIpc) is 3.24. The first kappa shape index (κ1) is 27.1. The van der Waals surface area contributed by atoms with E-state index in [9.17, 15) is 18.5 Å². The highest BCUT2D eigenvalue weighted by molar-refractivity contribution is 7.84. The normalized spacial score (nSPS) is 16.4. The summed E-state index contributed by atoms with van der Waals surface area (Å²) in [5.41, 5.74) is 5.26. The Labute approximate surface area is 220 Å². The van der Waals surface area contributed by atoms with Crippen molar-refractivity contribution in [1.82, 2.24) is 14.6 Å². The Morgan fingerprint density at radius 1 is 1.14 bits per heavy atom. The summed E-state index contributed by atoms with van der Waals surface area (Å²) in [6, 6.07) is 15.5. The number of carbonyl (C=O) groups excluding carboxylic acids is 1. The predicted molar refractivity (Wildman–Crippen MR) is 146 cm³/mol. The van der Waals surface area contributed by atoms with Gasteiger partial charge in [0.05, 0.1) is 16.5 Å². The number of rotatable bonds is 8. The van der Waals surface area contributed by atoms with Gasteiger partial charge < -0.3 is 10.4 Å². The number of pyridine rings is 1. The summed E-state index contributed by atoms with van der Waals surface area (Å²) in [5, 5.41) is 12.8. The summed E-state index contributed by atoms with van der Waals surface area (Å²) in [7, 11) is -1.34. The summed E-state index contributed by atoms with van der Waals surface area (Å²) >= 11 is 0. The van der Waals surface area contributed by atoms with Crippen LogP contribution in [0.15, 0.2) is 54.6 Å². The Hall–Kier alpha value is -2.94. The van der Waals surface area contributed by atoms with Crippen LogP contribution < -0.4 is 5.32 Å². The third kappa shape index (κ3) is 5.81. The Balaban J connectivity index is 1.88. The number of fused-ring (bicyclic) bond motifs is 1. The molecule has 0 saturated carbocycles. The molecule has 37 heavy (non-hydrogen) atoms. The molecule has 2 heterocycles. The molecule has 196 valence electrons. The van der Waals surface area contributed by atoms with Crippen LogP contribution in [0.4, 0.5) is 4.39 Å².